The number of allylic oxidation sites excluding steroid dienone is 3. The number of aliphatic imine (C=N–C) groups is 1. The molecule has 6 heterocycles. The Morgan fingerprint density at radius 3 is 1.43 bits per heavy atom. The van der Waals surface area contributed by atoms with E-state index in [2.05, 4.69) is 11.6 Å². The monoisotopic (exact) mass is 968 g/mol. The van der Waals surface area contributed by atoms with Gasteiger partial charge in [-0.1, -0.05) is 127 Å². The SMILES string of the molecule is C=CCn1c2c(C(F)(F)F)c(C(F)(F)F)c1/C(c1ccccc1)=c1/cc/c([nH]1)=C(\c1ccccc1)c1c(C(F)(F)F)c(C(F)(F)F)c3n1CCC[C@]3(c1ccccc1)C1=N/C(=C\2c2ccccc2)C=C1. The number of aromatic amines is 1. The number of hydrogen-bond donors (Lipinski definition) is 1. The molecule has 3 aliphatic heterocycles. The van der Waals surface area contributed by atoms with E-state index in [1.165, 1.54) is 133 Å². The third-order valence-electron chi connectivity index (χ3n) is 13.0. The summed E-state index contributed by atoms with van der Waals surface area (Å²) in [6.07, 6.45) is -19.5. The Labute approximate surface area is 391 Å². The van der Waals surface area contributed by atoms with Crippen molar-refractivity contribution in [2.75, 3.05) is 0 Å². The molecule has 70 heavy (non-hydrogen) atoms. The molecule has 10 rings (SSSR count). The maximum absolute atomic E-state index is 16.3. The van der Waals surface area contributed by atoms with Crippen molar-refractivity contribution in [3.63, 3.8) is 0 Å². The highest BCUT2D eigenvalue weighted by Crippen LogP contribution is 2.57. The zero-order chi connectivity index (χ0) is 49.5. The predicted octanol–water partition coefficient (Wildman–Crippen LogP) is 13.2. The fourth-order valence-electron chi connectivity index (χ4n) is 10.6. The molecule has 0 amide bonds. The van der Waals surface area contributed by atoms with Crippen molar-refractivity contribution in [1.82, 2.24) is 14.1 Å². The lowest BCUT2D eigenvalue weighted by Crippen LogP contribution is -2.43. The van der Waals surface area contributed by atoms with Gasteiger partial charge >= 0.3 is 24.7 Å². The second-order valence-electron chi connectivity index (χ2n) is 17.0. The minimum absolute atomic E-state index is 0.00262. The molecule has 0 radical (unpaired) electrons. The highest BCUT2D eigenvalue weighted by atomic mass is 19.4. The smallest absolute Gasteiger partial charge is 0.354 e. The second-order valence-corrected chi connectivity index (χ2v) is 17.0. The van der Waals surface area contributed by atoms with Gasteiger partial charge in [0, 0.05) is 46.2 Å². The standard InChI is InChI=1S/C54H36F12N4/c1-2-29-69-46-39(31-16-7-3-8-17-31)35-24-25-36(67-35)40(32-18-9-4-10-19-32)48-44(53(61,62)63)45(54(64,65)66)49-50(28-15-30-70(48)49,34-22-13-6-14-23-34)38-27-26-37(68-38)41(33-20-11-5-12-21-33)47(69)43(52(58,59)60)42(46)51(55,56)57/h2-14,16-27,67H,1,15,28-30H2/b39-35-,40-36-,41-37-/t50-/m0/s1. The molecule has 356 valence electrons. The summed E-state index contributed by atoms with van der Waals surface area (Å²) >= 11 is 0. The highest BCUT2D eigenvalue weighted by molar-refractivity contribution is 6.10. The molecule has 7 aromatic rings. The zero-order valence-electron chi connectivity index (χ0n) is 36.3. The van der Waals surface area contributed by atoms with Crippen LogP contribution in [0, 0.1) is 0 Å². The fourth-order valence-corrected chi connectivity index (χ4v) is 10.6. The van der Waals surface area contributed by atoms with E-state index in [0.717, 1.165) is 15.2 Å². The molecule has 0 fully saturated rings. The average Bonchev–Trinajstić information content (AvgIpc) is 4.14. The second kappa shape index (κ2) is 16.6. The molecule has 1 N–H and O–H groups in total. The van der Waals surface area contributed by atoms with E-state index < -0.39 is 98.4 Å². The number of halogens is 12. The molecule has 4 nitrogen and oxygen atoms in total. The molecule has 0 saturated carbocycles. The number of benzene rings is 4. The Kier molecular flexibility index (Phi) is 11.0. The van der Waals surface area contributed by atoms with Gasteiger partial charge in [0.2, 0.25) is 0 Å². The predicted molar refractivity (Wildman–Crippen MR) is 241 cm³/mol. The first-order valence-electron chi connectivity index (χ1n) is 21.9. The Morgan fingerprint density at radius 1 is 0.529 bits per heavy atom. The molecule has 1 atom stereocenters. The number of alkyl halides is 12. The van der Waals surface area contributed by atoms with Crippen molar-refractivity contribution in [3.8, 4) is 0 Å². The molecule has 0 saturated heterocycles. The highest BCUT2D eigenvalue weighted by Gasteiger charge is 2.58. The van der Waals surface area contributed by atoms with Crippen molar-refractivity contribution in [3.05, 3.63) is 242 Å². The van der Waals surface area contributed by atoms with Gasteiger partial charge in [-0.3, -0.25) is 4.99 Å². The summed E-state index contributed by atoms with van der Waals surface area (Å²) in [5, 5.41) is -0.562. The van der Waals surface area contributed by atoms with E-state index in [4.69, 9.17) is 4.99 Å². The third-order valence-corrected chi connectivity index (χ3v) is 13.0. The summed E-state index contributed by atoms with van der Waals surface area (Å²) in [5.74, 6) is 0. The van der Waals surface area contributed by atoms with Crippen LogP contribution in [-0.2, 0) is 43.2 Å². The van der Waals surface area contributed by atoms with Crippen molar-refractivity contribution >= 4 is 22.4 Å². The Hall–Kier alpha value is -7.49. The Balaban J connectivity index is 1.57. The first-order valence-corrected chi connectivity index (χ1v) is 21.9. The number of nitrogens with zero attached hydrogens (tertiary/aromatic N) is 3. The largest absolute Gasteiger partial charge is 0.419 e. The maximum Gasteiger partial charge on any atom is 0.419 e. The number of rotatable bonds is 6. The van der Waals surface area contributed by atoms with Crippen LogP contribution >= 0.6 is 0 Å². The van der Waals surface area contributed by atoms with Crippen LogP contribution in [-0.4, -0.2) is 19.8 Å². The van der Waals surface area contributed by atoms with Gasteiger partial charge in [0.05, 0.1) is 56.2 Å². The van der Waals surface area contributed by atoms with Crippen LogP contribution in [0.2, 0.25) is 0 Å². The first-order chi connectivity index (χ1) is 33.3. The minimum Gasteiger partial charge on any atom is -0.354 e. The Morgan fingerprint density at radius 2 is 0.957 bits per heavy atom. The lowest BCUT2D eigenvalue weighted by molar-refractivity contribution is -0.162. The minimum atomic E-state index is -5.72. The van der Waals surface area contributed by atoms with Gasteiger partial charge in [-0.15, -0.1) is 6.58 Å². The van der Waals surface area contributed by atoms with E-state index in [0.29, 0.717) is 0 Å². The molecule has 0 unspecified atom stereocenters. The van der Waals surface area contributed by atoms with Crippen LogP contribution in [0.1, 0.15) is 80.1 Å². The molecule has 4 aromatic carbocycles. The number of fused-ring (bicyclic) bond motifs is 6. The summed E-state index contributed by atoms with van der Waals surface area (Å²) in [4.78, 5) is 7.79. The summed E-state index contributed by atoms with van der Waals surface area (Å²) in [6.45, 7) is 2.74. The first kappa shape index (κ1) is 46.2. The fraction of sp³-hybridized carbons (Fsp3) is 0.167. The summed E-state index contributed by atoms with van der Waals surface area (Å²) in [7, 11) is 0. The molecular weight excluding hydrogens is 933 g/mol. The summed E-state index contributed by atoms with van der Waals surface area (Å²) in [5.41, 5.74) is -15.9. The summed E-state index contributed by atoms with van der Waals surface area (Å²) < 4.78 is 196. The molecule has 16 heteroatoms. The van der Waals surface area contributed by atoms with E-state index in [1.54, 1.807) is 12.1 Å². The van der Waals surface area contributed by atoms with Gasteiger partial charge in [-0.25, -0.2) is 0 Å². The molecular formula is C54H36F12N4. The average molecular weight is 969 g/mol. The van der Waals surface area contributed by atoms with E-state index in [9.17, 15) is 0 Å². The lowest BCUT2D eigenvalue weighted by atomic mass is 9.67. The van der Waals surface area contributed by atoms with E-state index in [-0.39, 0.29) is 63.7 Å². The van der Waals surface area contributed by atoms with Gasteiger partial charge in [0.15, 0.2) is 0 Å². The van der Waals surface area contributed by atoms with Crippen LogP contribution in [0.5, 0.6) is 0 Å². The number of H-pyrrole nitrogens is 1. The van der Waals surface area contributed by atoms with Crippen molar-refractivity contribution in [2.24, 2.45) is 4.99 Å². The number of nitrogens with one attached hydrogen (secondary N) is 1. The molecule has 3 aromatic heterocycles. The molecule has 3 aliphatic rings. The normalized spacial score (nSPS) is 19.9. The van der Waals surface area contributed by atoms with Gasteiger partial charge in [0.1, 0.15) is 0 Å². The summed E-state index contributed by atoms with van der Waals surface area (Å²) in [6, 6.07) is 31.4. The van der Waals surface area contributed by atoms with Gasteiger partial charge in [-0.05, 0) is 59.4 Å². The van der Waals surface area contributed by atoms with Crippen LogP contribution in [0.25, 0.3) is 16.7 Å². The van der Waals surface area contributed by atoms with E-state index >= 15 is 52.7 Å². The lowest BCUT2D eigenvalue weighted by Gasteiger charge is -2.40. The number of aromatic nitrogens is 3. The number of hydrogen-bond acceptors (Lipinski definition) is 1. The van der Waals surface area contributed by atoms with Gasteiger partial charge in [-0.2, -0.15) is 52.7 Å². The van der Waals surface area contributed by atoms with Gasteiger partial charge < -0.3 is 14.1 Å². The quantitative estimate of drug-likeness (QED) is 0.127. The van der Waals surface area contributed by atoms with Crippen molar-refractivity contribution in [1.29, 1.82) is 0 Å². The third kappa shape index (κ3) is 7.37. The molecule has 0 spiro atoms. The van der Waals surface area contributed by atoms with Crippen LogP contribution in [0.3, 0.4) is 0 Å². The molecule has 10 bridgehead atoms. The van der Waals surface area contributed by atoms with Crippen LogP contribution < -0.4 is 10.7 Å². The topological polar surface area (TPSA) is 38.0 Å². The van der Waals surface area contributed by atoms with E-state index in [1.807, 2.05) is 0 Å². The Bertz CT molecular complexity index is 3420. The van der Waals surface area contributed by atoms with Crippen LogP contribution in [0.4, 0.5) is 52.7 Å². The van der Waals surface area contributed by atoms with Gasteiger partial charge in [0.25, 0.3) is 0 Å². The van der Waals surface area contributed by atoms with Crippen LogP contribution in [0.15, 0.2) is 169 Å². The van der Waals surface area contributed by atoms with Crippen molar-refractivity contribution < 1.29 is 52.7 Å². The zero-order valence-corrected chi connectivity index (χ0v) is 36.3. The maximum atomic E-state index is 16.3. The van der Waals surface area contributed by atoms with Crippen molar-refractivity contribution in [2.45, 2.75) is 56.1 Å². The molecule has 0 aliphatic carbocycles.